The molecular weight excluding hydrogens is 222 g/mol. The molecule has 0 radical (unpaired) electrons. The van der Waals surface area contributed by atoms with E-state index in [4.69, 9.17) is 5.73 Å². The van der Waals surface area contributed by atoms with Gasteiger partial charge in [-0.15, -0.1) is 0 Å². The predicted octanol–water partition coefficient (Wildman–Crippen LogP) is 2.22. The van der Waals surface area contributed by atoms with Crippen molar-refractivity contribution in [1.82, 2.24) is 4.98 Å². The predicted molar refractivity (Wildman–Crippen MR) is 75.5 cm³/mol. The minimum atomic E-state index is 0.549. The zero-order valence-electron chi connectivity index (χ0n) is 10.7. The molecule has 0 fully saturated rings. The number of benzene rings is 1. The summed E-state index contributed by atoms with van der Waals surface area (Å²) in [4.78, 5) is 6.38. The fraction of sp³-hybridized carbons (Fsp3) is 0.267. The van der Waals surface area contributed by atoms with Gasteiger partial charge in [-0.05, 0) is 23.6 Å². The van der Waals surface area contributed by atoms with Gasteiger partial charge in [0.15, 0.2) is 0 Å². The minimum Gasteiger partial charge on any atom is -0.373 e. The Bertz CT molecular complexity index is 482. The topological polar surface area (TPSA) is 42.2 Å². The molecule has 1 aromatic heterocycles. The highest BCUT2D eigenvalue weighted by Gasteiger charge is 2.06. The second-order valence-corrected chi connectivity index (χ2v) is 4.37. The first-order valence-electron chi connectivity index (χ1n) is 6.19. The third-order valence-electron chi connectivity index (χ3n) is 3.10. The number of aromatic nitrogens is 1. The summed E-state index contributed by atoms with van der Waals surface area (Å²) in [6.45, 7) is 1.51. The lowest BCUT2D eigenvalue weighted by atomic mass is 10.1. The summed E-state index contributed by atoms with van der Waals surface area (Å²) >= 11 is 0. The molecule has 0 spiro atoms. The van der Waals surface area contributed by atoms with Crippen molar-refractivity contribution in [2.75, 3.05) is 18.5 Å². The molecule has 0 aliphatic rings. The van der Waals surface area contributed by atoms with E-state index in [0.717, 1.165) is 24.2 Å². The Morgan fingerprint density at radius 1 is 1.17 bits per heavy atom. The molecule has 0 unspecified atom stereocenters. The second kappa shape index (κ2) is 6.17. The van der Waals surface area contributed by atoms with Gasteiger partial charge >= 0.3 is 0 Å². The monoisotopic (exact) mass is 241 g/mol. The van der Waals surface area contributed by atoms with E-state index in [1.165, 1.54) is 5.56 Å². The lowest BCUT2D eigenvalue weighted by Gasteiger charge is -2.21. The van der Waals surface area contributed by atoms with E-state index in [1.807, 2.05) is 18.3 Å². The SMILES string of the molecule is CN(CCc1ccccc1)c1cnccc1CN. The van der Waals surface area contributed by atoms with Crippen LogP contribution in [0.15, 0.2) is 48.8 Å². The maximum Gasteiger partial charge on any atom is 0.0595 e. The standard InChI is InChI=1S/C15H19N3/c1-18(10-8-13-5-3-2-4-6-13)15-12-17-9-7-14(15)11-16/h2-7,9,12H,8,10-11,16H2,1H3. The van der Waals surface area contributed by atoms with Crippen LogP contribution in [0, 0.1) is 0 Å². The highest BCUT2D eigenvalue weighted by atomic mass is 15.1. The Balaban J connectivity index is 2.01. The van der Waals surface area contributed by atoms with Crippen molar-refractivity contribution >= 4 is 5.69 Å². The van der Waals surface area contributed by atoms with E-state index in [1.54, 1.807) is 6.20 Å². The van der Waals surface area contributed by atoms with Gasteiger partial charge in [-0.1, -0.05) is 30.3 Å². The van der Waals surface area contributed by atoms with Gasteiger partial charge < -0.3 is 10.6 Å². The number of rotatable bonds is 5. The number of hydrogen-bond donors (Lipinski definition) is 1. The van der Waals surface area contributed by atoms with Gasteiger partial charge in [-0.2, -0.15) is 0 Å². The molecule has 0 amide bonds. The fourth-order valence-corrected chi connectivity index (χ4v) is 1.99. The molecule has 0 atom stereocenters. The second-order valence-electron chi connectivity index (χ2n) is 4.37. The average Bonchev–Trinajstić information content (AvgIpc) is 2.45. The van der Waals surface area contributed by atoms with Crippen LogP contribution in [0.5, 0.6) is 0 Å². The summed E-state index contributed by atoms with van der Waals surface area (Å²) < 4.78 is 0. The van der Waals surface area contributed by atoms with E-state index >= 15 is 0 Å². The van der Waals surface area contributed by atoms with Crippen molar-refractivity contribution in [2.45, 2.75) is 13.0 Å². The first kappa shape index (κ1) is 12.6. The van der Waals surface area contributed by atoms with Crippen molar-refractivity contribution in [1.29, 1.82) is 0 Å². The summed E-state index contributed by atoms with van der Waals surface area (Å²) in [6.07, 6.45) is 4.69. The average molecular weight is 241 g/mol. The normalized spacial score (nSPS) is 10.3. The third-order valence-corrected chi connectivity index (χ3v) is 3.10. The number of nitrogens with zero attached hydrogens (tertiary/aromatic N) is 2. The Morgan fingerprint density at radius 2 is 1.94 bits per heavy atom. The molecule has 2 rings (SSSR count). The molecule has 0 bridgehead atoms. The largest absolute Gasteiger partial charge is 0.373 e. The van der Waals surface area contributed by atoms with Crippen molar-refractivity contribution in [2.24, 2.45) is 5.73 Å². The molecule has 0 saturated carbocycles. The van der Waals surface area contributed by atoms with Gasteiger partial charge in [0.1, 0.15) is 0 Å². The van der Waals surface area contributed by atoms with Crippen molar-refractivity contribution in [3.05, 3.63) is 59.9 Å². The first-order chi connectivity index (χ1) is 8.81. The summed E-state index contributed by atoms with van der Waals surface area (Å²) in [6, 6.07) is 12.5. The van der Waals surface area contributed by atoms with Crippen molar-refractivity contribution in [3.63, 3.8) is 0 Å². The molecule has 1 heterocycles. The summed E-state index contributed by atoms with van der Waals surface area (Å²) in [5, 5.41) is 0. The van der Waals surface area contributed by atoms with Crippen LogP contribution >= 0.6 is 0 Å². The molecule has 18 heavy (non-hydrogen) atoms. The van der Waals surface area contributed by atoms with Crippen LogP contribution in [0.25, 0.3) is 0 Å². The molecule has 94 valence electrons. The third kappa shape index (κ3) is 3.08. The molecule has 0 aliphatic heterocycles. The van der Waals surface area contributed by atoms with E-state index in [9.17, 15) is 0 Å². The smallest absolute Gasteiger partial charge is 0.0595 e. The molecule has 3 heteroatoms. The lowest BCUT2D eigenvalue weighted by molar-refractivity contribution is 0.861. The van der Waals surface area contributed by atoms with Gasteiger partial charge in [-0.25, -0.2) is 0 Å². The molecule has 3 nitrogen and oxygen atoms in total. The fourth-order valence-electron chi connectivity index (χ4n) is 1.99. The first-order valence-corrected chi connectivity index (χ1v) is 6.19. The van der Waals surface area contributed by atoms with Gasteiger partial charge in [0.05, 0.1) is 11.9 Å². The molecule has 1 aromatic carbocycles. The number of anilines is 1. The number of pyridine rings is 1. The quantitative estimate of drug-likeness (QED) is 0.872. The van der Waals surface area contributed by atoms with E-state index < -0.39 is 0 Å². The number of likely N-dealkylation sites (N-methyl/N-ethyl adjacent to an activating group) is 1. The van der Waals surface area contributed by atoms with E-state index in [-0.39, 0.29) is 0 Å². The van der Waals surface area contributed by atoms with Crippen LogP contribution in [0.4, 0.5) is 5.69 Å². The zero-order chi connectivity index (χ0) is 12.8. The van der Waals surface area contributed by atoms with Gasteiger partial charge in [0.25, 0.3) is 0 Å². The Hall–Kier alpha value is -1.87. The molecule has 2 N–H and O–H groups in total. The molecule has 0 saturated heterocycles. The minimum absolute atomic E-state index is 0.549. The van der Waals surface area contributed by atoms with Crippen LogP contribution in [-0.4, -0.2) is 18.6 Å². The van der Waals surface area contributed by atoms with Crippen LogP contribution in [-0.2, 0) is 13.0 Å². The van der Waals surface area contributed by atoms with Crippen LogP contribution in [0.3, 0.4) is 0 Å². The number of hydrogen-bond acceptors (Lipinski definition) is 3. The van der Waals surface area contributed by atoms with Gasteiger partial charge in [0.2, 0.25) is 0 Å². The lowest BCUT2D eigenvalue weighted by Crippen LogP contribution is -2.22. The summed E-state index contributed by atoms with van der Waals surface area (Å²) in [5.74, 6) is 0. The Kier molecular flexibility index (Phi) is 4.31. The van der Waals surface area contributed by atoms with Crippen LogP contribution in [0.1, 0.15) is 11.1 Å². The maximum atomic E-state index is 5.74. The highest BCUT2D eigenvalue weighted by molar-refractivity contribution is 5.51. The van der Waals surface area contributed by atoms with Crippen molar-refractivity contribution < 1.29 is 0 Å². The van der Waals surface area contributed by atoms with E-state index in [2.05, 4.69) is 41.2 Å². The van der Waals surface area contributed by atoms with E-state index in [0.29, 0.717) is 6.54 Å². The van der Waals surface area contributed by atoms with Crippen LogP contribution in [0.2, 0.25) is 0 Å². The number of nitrogens with two attached hydrogens (primary N) is 1. The summed E-state index contributed by atoms with van der Waals surface area (Å²) in [5.41, 5.74) is 9.35. The molecular formula is C15H19N3. The Labute approximate surface area is 108 Å². The van der Waals surface area contributed by atoms with Crippen molar-refractivity contribution in [3.8, 4) is 0 Å². The summed E-state index contributed by atoms with van der Waals surface area (Å²) in [7, 11) is 2.08. The zero-order valence-corrected chi connectivity index (χ0v) is 10.7. The maximum absolute atomic E-state index is 5.74. The Morgan fingerprint density at radius 3 is 2.67 bits per heavy atom. The van der Waals surface area contributed by atoms with Crippen LogP contribution < -0.4 is 10.6 Å². The molecule has 2 aromatic rings. The van der Waals surface area contributed by atoms with Gasteiger partial charge in [-0.3, -0.25) is 4.98 Å². The molecule has 0 aliphatic carbocycles. The van der Waals surface area contributed by atoms with Gasteiger partial charge in [0, 0.05) is 26.3 Å². The highest BCUT2D eigenvalue weighted by Crippen LogP contribution is 2.17.